The number of carbonyl (C=O) groups is 4. The molecule has 3 N–H and O–H groups in total. The van der Waals surface area contributed by atoms with E-state index in [1.807, 2.05) is 13.0 Å². The van der Waals surface area contributed by atoms with E-state index < -0.39 is 47.6 Å². The van der Waals surface area contributed by atoms with Crippen LogP contribution < -0.4 is 10.6 Å². The minimum atomic E-state index is -1.11. The highest BCUT2D eigenvalue weighted by Gasteiger charge is 2.39. The molecule has 0 aliphatic rings. The summed E-state index contributed by atoms with van der Waals surface area (Å²) in [5.74, 6) is -0.993. The molecule has 46 heavy (non-hydrogen) atoms. The highest BCUT2D eigenvalue weighted by atomic mass is 16.6. The molecular formula is C36H51N3O7. The fraction of sp³-hybridized carbons (Fsp3) is 0.500. The molecule has 2 aromatic rings. The predicted octanol–water partition coefficient (Wildman–Crippen LogP) is 5.94. The molecule has 3 amide bonds. The van der Waals surface area contributed by atoms with Crippen LogP contribution in [0.1, 0.15) is 90.5 Å². The summed E-state index contributed by atoms with van der Waals surface area (Å²) in [7, 11) is 0. The molecule has 0 aliphatic carbocycles. The third-order valence-electron chi connectivity index (χ3n) is 7.18. The zero-order chi connectivity index (χ0) is 34.4. The number of rotatable bonds is 16. The number of alkyl carbamates (subject to hydrolysis) is 1. The summed E-state index contributed by atoms with van der Waals surface area (Å²) in [4.78, 5) is 55.5. The number of esters is 1. The topological polar surface area (TPSA) is 134 Å². The number of aromatic hydroxyl groups is 1. The van der Waals surface area contributed by atoms with Gasteiger partial charge in [0, 0.05) is 19.0 Å². The van der Waals surface area contributed by atoms with Crippen molar-refractivity contribution in [3.05, 3.63) is 71.8 Å². The molecule has 3 atom stereocenters. The Balaban J connectivity index is 2.65. The van der Waals surface area contributed by atoms with E-state index in [1.165, 1.54) is 17.0 Å². The number of hydrogen-bond donors (Lipinski definition) is 3. The molecule has 252 valence electrons. The highest BCUT2D eigenvalue weighted by molar-refractivity contribution is 5.92. The second kappa shape index (κ2) is 18.0. The monoisotopic (exact) mass is 637 g/mol. The fourth-order valence-corrected chi connectivity index (χ4v) is 4.92. The lowest BCUT2D eigenvalue weighted by Crippen LogP contribution is -2.56. The summed E-state index contributed by atoms with van der Waals surface area (Å²) in [5, 5.41) is 15.4. The number of nitrogens with one attached hydrogen (secondary N) is 2. The highest BCUT2D eigenvalue weighted by Crippen LogP contribution is 2.29. The van der Waals surface area contributed by atoms with Crippen molar-refractivity contribution in [1.29, 1.82) is 0 Å². The van der Waals surface area contributed by atoms with Crippen LogP contribution >= 0.6 is 0 Å². The average Bonchev–Trinajstić information content (AvgIpc) is 2.98. The number of benzene rings is 2. The van der Waals surface area contributed by atoms with E-state index in [1.54, 1.807) is 64.1 Å². The smallest absolute Gasteiger partial charge is 0.408 e. The van der Waals surface area contributed by atoms with Crippen molar-refractivity contribution >= 4 is 30.0 Å². The first-order valence-electron chi connectivity index (χ1n) is 15.9. The Kier molecular flexibility index (Phi) is 14.8. The van der Waals surface area contributed by atoms with E-state index in [9.17, 15) is 24.3 Å². The van der Waals surface area contributed by atoms with Crippen molar-refractivity contribution in [2.75, 3.05) is 13.2 Å². The molecule has 10 nitrogen and oxygen atoms in total. The molecule has 10 heteroatoms. The molecule has 0 saturated carbocycles. The molecule has 0 aromatic heterocycles. The molecule has 2 rings (SSSR count). The zero-order valence-corrected chi connectivity index (χ0v) is 28.3. The summed E-state index contributed by atoms with van der Waals surface area (Å²) >= 11 is 0. The van der Waals surface area contributed by atoms with Gasteiger partial charge in [-0.25, -0.2) is 4.79 Å². The van der Waals surface area contributed by atoms with Crippen LogP contribution in [0.3, 0.4) is 0 Å². The molecule has 0 saturated heterocycles. The van der Waals surface area contributed by atoms with E-state index in [4.69, 9.17) is 9.47 Å². The number of amides is 3. The van der Waals surface area contributed by atoms with Gasteiger partial charge in [0.05, 0.1) is 13.0 Å². The average molecular weight is 638 g/mol. The van der Waals surface area contributed by atoms with E-state index in [0.717, 1.165) is 12.0 Å². The Labute approximate surface area is 273 Å². The normalized spacial score (nSPS) is 13.2. The Bertz CT molecular complexity index is 1320. The van der Waals surface area contributed by atoms with Crippen molar-refractivity contribution in [3.63, 3.8) is 0 Å². The van der Waals surface area contributed by atoms with Gasteiger partial charge < -0.3 is 30.1 Å². The molecule has 3 unspecified atom stereocenters. The third kappa shape index (κ3) is 12.6. The second-order valence-electron chi connectivity index (χ2n) is 12.8. The van der Waals surface area contributed by atoms with Crippen molar-refractivity contribution in [3.8, 4) is 5.75 Å². The molecule has 0 aliphatic heterocycles. The first-order chi connectivity index (χ1) is 21.6. The van der Waals surface area contributed by atoms with Crippen LogP contribution in [0.5, 0.6) is 5.75 Å². The van der Waals surface area contributed by atoms with Crippen molar-refractivity contribution in [1.82, 2.24) is 15.5 Å². The largest absolute Gasteiger partial charge is 0.508 e. The molecule has 0 radical (unpaired) electrons. The van der Waals surface area contributed by atoms with Gasteiger partial charge in [0.1, 0.15) is 23.4 Å². The summed E-state index contributed by atoms with van der Waals surface area (Å²) in [6, 6.07) is 10.9. The van der Waals surface area contributed by atoms with Gasteiger partial charge in [-0.15, -0.1) is 0 Å². The number of hydrogen-bond acceptors (Lipinski definition) is 7. The maximum atomic E-state index is 14.8. The number of carbonyl (C=O) groups excluding carboxylic acids is 4. The van der Waals surface area contributed by atoms with Crippen molar-refractivity contribution < 1.29 is 33.8 Å². The number of ether oxygens (including phenoxy) is 2. The lowest BCUT2D eigenvalue weighted by Gasteiger charge is -2.39. The van der Waals surface area contributed by atoms with Crippen LogP contribution in [0.4, 0.5) is 4.79 Å². The van der Waals surface area contributed by atoms with Crippen LogP contribution in [0.25, 0.3) is 6.08 Å². The van der Waals surface area contributed by atoms with Crippen molar-refractivity contribution in [2.24, 2.45) is 5.92 Å². The van der Waals surface area contributed by atoms with Crippen molar-refractivity contribution in [2.45, 2.75) is 97.9 Å². The van der Waals surface area contributed by atoms with Gasteiger partial charge in [0.2, 0.25) is 11.8 Å². The quantitative estimate of drug-likeness (QED) is 0.194. The molecule has 0 heterocycles. The number of phenols is 1. The van der Waals surface area contributed by atoms with Gasteiger partial charge in [-0.05, 0) is 88.3 Å². The van der Waals surface area contributed by atoms with Crippen LogP contribution in [0, 0.1) is 5.92 Å². The maximum absolute atomic E-state index is 14.8. The predicted molar refractivity (Wildman–Crippen MR) is 179 cm³/mol. The van der Waals surface area contributed by atoms with Gasteiger partial charge in [-0.2, -0.15) is 0 Å². The summed E-state index contributed by atoms with van der Waals surface area (Å²) in [5.41, 5.74) is 1.19. The second-order valence-corrected chi connectivity index (χ2v) is 12.8. The van der Waals surface area contributed by atoms with Gasteiger partial charge in [0.25, 0.3) is 0 Å². The standard InChI is InChI=1S/C36H51N3O7/c1-9-26-12-11-13-28(22-26)32(33(42)37-21-20-31(41)45-10-2)39(25(5)15-14-24(3)4)34(43)30(38-35(44)46-36(6,7)8)23-27-16-18-29(40)19-17-27/h9,11-13,16-19,22,24-25,30,32,40H,1,10,14-15,20-21,23H2,2-8H3,(H,37,42)(H,38,44). The van der Waals surface area contributed by atoms with Crippen LogP contribution in [-0.4, -0.2) is 64.7 Å². The summed E-state index contributed by atoms with van der Waals surface area (Å²) in [6.07, 6.45) is 2.32. The Hall–Kier alpha value is -4.34. The van der Waals surface area contributed by atoms with Gasteiger partial charge >= 0.3 is 12.1 Å². The third-order valence-corrected chi connectivity index (χ3v) is 7.18. The lowest BCUT2D eigenvalue weighted by molar-refractivity contribution is -0.146. The zero-order valence-electron chi connectivity index (χ0n) is 28.3. The maximum Gasteiger partial charge on any atom is 0.408 e. The number of nitrogens with zero attached hydrogens (tertiary/aromatic N) is 1. The molecular weight excluding hydrogens is 586 g/mol. The van der Waals surface area contributed by atoms with E-state index in [-0.39, 0.29) is 31.7 Å². The minimum Gasteiger partial charge on any atom is -0.508 e. The first kappa shape index (κ1) is 37.8. The SMILES string of the molecule is C=Cc1cccc(C(C(=O)NCCC(=O)OCC)N(C(=O)C(Cc2ccc(O)cc2)NC(=O)OC(C)(C)C)C(C)CCC(C)C)c1. The Morgan fingerprint density at radius 3 is 2.28 bits per heavy atom. The van der Waals surface area contributed by atoms with Crippen LogP contribution in [0.2, 0.25) is 0 Å². The lowest BCUT2D eigenvalue weighted by atomic mass is 9.95. The minimum absolute atomic E-state index is 0.0187. The Morgan fingerprint density at radius 1 is 1.02 bits per heavy atom. The van der Waals surface area contributed by atoms with Crippen LogP contribution in [-0.2, 0) is 30.3 Å². The van der Waals surface area contributed by atoms with Crippen LogP contribution in [0.15, 0.2) is 55.1 Å². The summed E-state index contributed by atoms with van der Waals surface area (Å²) < 4.78 is 10.5. The molecule has 2 aromatic carbocycles. The van der Waals surface area contributed by atoms with Gasteiger partial charge in [-0.1, -0.05) is 56.8 Å². The van der Waals surface area contributed by atoms with Gasteiger partial charge in [0.15, 0.2) is 0 Å². The molecule has 0 fully saturated rings. The molecule has 0 spiro atoms. The summed E-state index contributed by atoms with van der Waals surface area (Å²) in [6.45, 7) is 17.1. The molecule has 0 bridgehead atoms. The van der Waals surface area contributed by atoms with E-state index in [2.05, 4.69) is 31.1 Å². The van der Waals surface area contributed by atoms with E-state index in [0.29, 0.717) is 23.5 Å². The fourth-order valence-electron chi connectivity index (χ4n) is 4.92. The number of phenolic OH excluding ortho intramolecular Hbond substituents is 1. The van der Waals surface area contributed by atoms with Gasteiger partial charge in [-0.3, -0.25) is 14.4 Å². The first-order valence-corrected chi connectivity index (χ1v) is 15.9. The van der Waals surface area contributed by atoms with E-state index >= 15 is 0 Å². The Morgan fingerprint density at radius 2 is 1.70 bits per heavy atom.